The molecule has 2 aromatic rings. The lowest BCUT2D eigenvalue weighted by molar-refractivity contribution is 0.0827. The van der Waals surface area contributed by atoms with Crippen molar-refractivity contribution in [3.8, 4) is 0 Å². The van der Waals surface area contributed by atoms with E-state index in [1.807, 2.05) is 18.2 Å². The van der Waals surface area contributed by atoms with Crippen molar-refractivity contribution in [2.75, 3.05) is 40.8 Å². The van der Waals surface area contributed by atoms with Gasteiger partial charge in [0.15, 0.2) is 5.96 Å². The van der Waals surface area contributed by atoms with Crippen molar-refractivity contribution in [3.05, 3.63) is 70.8 Å². The second-order valence-corrected chi connectivity index (χ2v) is 8.61. The lowest BCUT2D eigenvalue weighted by atomic mass is 10.0. The summed E-state index contributed by atoms with van der Waals surface area (Å²) < 4.78 is 0. The Bertz CT molecular complexity index is 909. The van der Waals surface area contributed by atoms with Crippen LogP contribution in [0, 0.1) is 0 Å². The molecule has 1 aliphatic rings. The Labute approximate surface area is 215 Å². The summed E-state index contributed by atoms with van der Waals surface area (Å²) in [5.74, 6) is 0.818. The molecule has 0 aliphatic carbocycles. The van der Waals surface area contributed by atoms with Gasteiger partial charge in [0.2, 0.25) is 0 Å². The highest BCUT2D eigenvalue weighted by atomic mass is 127. The summed E-state index contributed by atoms with van der Waals surface area (Å²) in [4.78, 5) is 20.7. The minimum Gasteiger partial charge on any atom is -0.356 e. The van der Waals surface area contributed by atoms with Crippen LogP contribution in [0.4, 0.5) is 0 Å². The Morgan fingerprint density at radius 2 is 1.73 bits per heavy atom. The predicted molar refractivity (Wildman–Crippen MR) is 147 cm³/mol. The number of aliphatic imine (C=N–C) groups is 1. The highest BCUT2D eigenvalue weighted by Crippen LogP contribution is 2.16. The fourth-order valence-electron chi connectivity index (χ4n) is 4.09. The number of likely N-dealkylation sites (tertiary alicyclic amines) is 1. The Hall–Kier alpha value is -2.13. The average molecular weight is 564 g/mol. The molecule has 0 saturated carbocycles. The predicted octanol–water partition coefficient (Wildman–Crippen LogP) is 3.90. The van der Waals surface area contributed by atoms with E-state index in [4.69, 9.17) is 0 Å². The molecule has 0 atom stereocenters. The van der Waals surface area contributed by atoms with E-state index in [0.717, 1.165) is 43.1 Å². The maximum atomic E-state index is 12.2. The van der Waals surface area contributed by atoms with Crippen LogP contribution in [0.1, 0.15) is 46.3 Å². The molecule has 0 spiro atoms. The molecule has 6 nitrogen and oxygen atoms in total. The fraction of sp³-hybridized carbons (Fsp3) is 0.462. The smallest absolute Gasteiger partial charge is 0.253 e. The van der Waals surface area contributed by atoms with Gasteiger partial charge in [0.25, 0.3) is 5.91 Å². The van der Waals surface area contributed by atoms with Gasteiger partial charge in [-0.15, -0.1) is 24.0 Å². The zero-order valence-electron chi connectivity index (χ0n) is 20.1. The number of guanidine groups is 1. The molecular formula is C26H38IN5O. The summed E-state index contributed by atoms with van der Waals surface area (Å²) in [6, 6.07) is 16.5. The maximum Gasteiger partial charge on any atom is 0.253 e. The molecule has 0 bridgehead atoms. The van der Waals surface area contributed by atoms with E-state index in [1.54, 1.807) is 26.0 Å². The van der Waals surface area contributed by atoms with Crippen LogP contribution in [-0.4, -0.2) is 62.4 Å². The molecule has 0 aromatic heterocycles. The Balaban J connectivity index is 0.00000385. The number of halogens is 1. The van der Waals surface area contributed by atoms with E-state index >= 15 is 0 Å². The molecule has 3 rings (SSSR count). The van der Waals surface area contributed by atoms with Crippen molar-refractivity contribution in [3.63, 3.8) is 0 Å². The Kier molecular flexibility index (Phi) is 11.7. The number of nitrogens with zero attached hydrogens (tertiary/aromatic N) is 3. The maximum absolute atomic E-state index is 12.2. The molecule has 1 aliphatic heterocycles. The Morgan fingerprint density at radius 3 is 2.42 bits per heavy atom. The van der Waals surface area contributed by atoms with E-state index in [2.05, 4.69) is 50.9 Å². The molecule has 1 fully saturated rings. The van der Waals surface area contributed by atoms with Gasteiger partial charge in [-0.05, 0) is 61.2 Å². The zero-order chi connectivity index (χ0) is 22.8. The molecule has 1 saturated heterocycles. The average Bonchev–Trinajstić information content (AvgIpc) is 2.82. The second kappa shape index (κ2) is 14.2. The molecule has 1 amide bonds. The number of hydrogen-bond acceptors (Lipinski definition) is 3. The summed E-state index contributed by atoms with van der Waals surface area (Å²) in [6.07, 6.45) is 4.80. The van der Waals surface area contributed by atoms with Gasteiger partial charge in [-0.3, -0.25) is 14.7 Å². The first kappa shape index (κ1) is 27.1. The van der Waals surface area contributed by atoms with Gasteiger partial charge >= 0.3 is 0 Å². The standard InChI is InChI=1S/C26H37N5O.HI/c1-27-26(28-15-14-21-10-9-13-22(18-21)25(32)30(2)3)29-19-23-11-5-6-12-24(23)20-31-16-7-4-8-17-31;/h5-6,9-13,18H,4,7-8,14-17,19-20H2,1-3H3,(H2,27,28,29);1H. The first-order valence-electron chi connectivity index (χ1n) is 11.6. The van der Waals surface area contributed by atoms with E-state index in [0.29, 0.717) is 0 Å². The molecule has 7 heteroatoms. The minimum absolute atomic E-state index is 0. The third-order valence-electron chi connectivity index (χ3n) is 5.92. The molecule has 0 unspecified atom stereocenters. The minimum atomic E-state index is 0. The summed E-state index contributed by atoms with van der Waals surface area (Å²) in [6.45, 7) is 4.91. The summed E-state index contributed by atoms with van der Waals surface area (Å²) >= 11 is 0. The quantitative estimate of drug-likeness (QED) is 0.291. The van der Waals surface area contributed by atoms with Crippen molar-refractivity contribution in [1.82, 2.24) is 20.4 Å². The van der Waals surface area contributed by atoms with Crippen molar-refractivity contribution >= 4 is 35.8 Å². The highest BCUT2D eigenvalue weighted by molar-refractivity contribution is 14.0. The zero-order valence-corrected chi connectivity index (χ0v) is 22.5. The summed E-state index contributed by atoms with van der Waals surface area (Å²) in [7, 11) is 5.35. The van der Waals surface area contributed by atoms with Gasteiger partial charge < -0.3 is 15.5 Å². The molecule has 2 aromatic carbocycles. The number of carbonyl (C=O) groups is 1. The number of amides is 1. The largest absolute Gasteiger partial charge is 0.356 e. The van der Waals surface area contributed by atoms with Gasteiger partial charge in [0, 0.05) is 46.3 Å². The van der Waals surface area contributed by atoms with Gasteiger partial charge in [0.1, 0.15) is 0 Å². The molecule has 0 radical (unpaired) electrons. The number of hydrogen-bond donors (Lipinski definition) is 2. The number of piperidine rings is 1. The van der Waals surface area contributed by atoms with Crippen LogP contribution in [0.5, 0.6) is 0 Å². The first-order valence-corrected chi connectivity index (χ1v) is 11.6. The molecule has 33 heavy (non-hydrogen) atoms. The number of benzene rings is 2. The first-order chi connectivity index (χ1) is 15.6. The topological polar surface area (TPSA) is 60.0 Å². The van der Waals surface area contributed by atoms with E-state index in [1.165, 1.54) is 43.5 Å². The third-order valence-corrected chi connectivity index (χ3v) is 5.92. The van der Waals surface area contributed by atoms with Crippen molar-refractivity contribution in [2.24, 2.45) is 4.99 Å². The fourth-order valence-corrected chi connectivity index (χ4v) is 4.09. The van der Waals surface area contributed by atoms with Gasteiger partial charge in [0.05, 0.1) is 0 Å². The van der Waals surface area contributed by atoms with Gasteiger partial charge in [-0.25, -0.2) is 0 Å². The lowest BCUT2D eigenvalue weighted by Gasteiger charge is -2.27. The molecule has 180 valence electrons. The van der Waals surface area contributed by atoms with Crippen molar-refractivity contribution in [2.45, 2.75) is 38.8 Å². The molecule has 1 heterocycles. The van der Waals surface area contributed by atoms with E-state index in [9.17, 15) is 4.79 Å². The molecule has 2 N–H and O–H groups in total. The number of rotatable bonds is 8. The van der Waals surface area contributed by atoms with E-state index < -0.39 is 0 Å². The summed E-state index contributed by atoms with van der Waals surface area (Å²) in [5, 5.41) is 6.85. The number of carbonyl (C=O) groups excluding carboxylic acids is 1. The van der Waals surface area contributed by atoms with Crippen LogP contribution in [0.15, 0.2) is 53.5 Å². The second-order valence-electron chi connectivity index (χ2n) is 8.61. The van der Waals surface area contributed by atoms with E-state index in [-0.39, 0.29) is 29.9 Å². The van der Waals surface area contributed by atoms with Crippen LogP contribution in [0.2, 0.25) is 0 Å². The number of nitrogens with one attached hydrogen (secondary N) is 2. The van der Waals surface area contributed by atoms with Crippen molar-refractivity contribution in [1.29, 1.82) is 0 Å². The monoisotopic (exact) mass is 563 g/mol. The van der Waals surface area contributed by atoms with Gasteiger partial charge in [-0.1, -0.05) is 42.8 Å². The lowest BCUT2D eigenvalue weighted by Crippen LogP contribution is -2.38. The SMILES string of the molecule is CN=C(NCCc1cccc(C(=O)N(C)C)c1)NCc1ccccc1CN1CCCCC1.I. The van der Waals surface area contributed by atoms with Crippen LogP contribution >= 0.6 is 24.0 Å². The molecular weight excluding hydrogens is 525 g/mol. The van der Waals surface area contributed by atoms with Gasteiger partial charge in [-0.2, -0.15) is 0 Å². The van der Waals surface area contributed by atoms with Crippen LogP contribution in [0.25, 0.3) is 0 Å². The van der Waals surface area contributed by atoms with Crippen LogP contribution in [0.3, 0.4) is 0 Å². The summed E-state index contributed by atoms with van der Waals surface area (Å²) in [5.41, 5.74) is 4.56. The third kappa shape index (κ3) is 8.62. The highest BCUT2D eigenvalue weighted by Gasteiger charge is 2.13. The van der Waals surface area contributed by atoms with Crippen molar-refractivity contribution < 1.29 is 4.79 Å². The van der Waals surface area contributed by atoms with Crippen LogP contribution < -0.4 is 10.6 Å². The van der Waals surface area contributed by atoms with Crippen LogP contribution in [-0.2, 0) is 19.5 Å². The Morgan fingerprint density at radius 1 is 1.00 bits per heavy atom. The normalized spacial score (nSPS) is 14.3.